The summed E-state index contributed by atoms with van der Waals surface area (Å²) in [5, 5.41) is 0. The highest BCUT2D eigenvalue weighted by Crippen LogP contribution is 2.41. The Morgan fingerprint density at radius 2 is 2.18 bits per heavy atom. The third-order valence-electron chi connectivity index (χ3n) is 2.49. The second-order valence-corrected chi connectivity index (χ2v) is 4.02. The molecule has 1 heteroatoms. The summed E-state index contributed by atoms with van der Waals surface area (Å²) in [4.78, 5) is 10.8. The van der Waals surface area contributed by atoms with Gasteiger partial charge >= 0.3 is 0 Å². The molecule has 0 aromatic carbocycles. The zero-order chi connectivity index (χ0) is 8.48. The number of carbonyl (C=O) groups excluding carboxylic acids is 1. The van der Waals surface area contributed by atoms with Crippen LogP contribution in [-0.2, 0) is 4.79 Å². The van der Waals surface area contributed by atoms with E-state index in [0.717, 1.165) is 6.42 Å². The largest absolute Gasteiger partial charge is 0.295 e. The third kappa shape index (κ3) is 1.92. The minimum Gasteiger partial charge on any atom is -0.295 e. The molecular weight excluding hydrogens is 136 g/mol. The summed E-state index contributed by atoms with van der Waals surface area (Å²) in [5.41, 5.74) is 1.62. The van der Waals surface area contributed by atoms with Gasteiger partial charge in [0.1, 0.15) is 0 Å². The van der Waals surface area contributed by atoms with Crippen molar-refractivity contribution in [3.8, 4) is 0 Å². The maximum atomic E-state index is 10.8. The first-order valence-corrected chi connectivity index (χ1v) is 4.24. The molecule has 1 nitrogen and oxygen atoms in total. The Kier molecular flexibility index (Phi) is 2.17. The van der Waals surface area contributed by atoms with Crippen molar-refractivity contribution in [3.63, 3.8) is 0 Å². The van der Waals surface area contributed by atoms with Crippen LogP contribution in [0.2, 0.25) is 0 Å². The van der Waals surface area contributed by atoms with E-state index in [4.69, 9.17) is 0 Å². The number of rotatable bonds is 1. The van der Waals surface area contributed by atoms with E-state index in [9.17, 15) is 4.79 Å². The van der Waals surface area contributed by atoms with Crippen molar-refractivity contribution in [2.45, 2.75) is 40.0 Å². The van der Waals surface area contributed by atoms with E-state index in [1.807, 2.05) is 6.08 Å². The molecule has 1 saturated carbocycles. The van der Waals surface area contributed by atoms with E-state index in [1.165, 1.54) is 18.4 Å². The molecule has 1 rings (SSSR count). The van der Waals surface area contributed by atoms with Crippen molar-refractivity contribution in [1.29, 1.82) is 0 Å². The third-order valence-corrected chi connectivity index (χ3v) is 2.49. The molecule has 0 aliphatic heterocycles. The molecule has 0 atom stereocenters. The number of carbonyl (C=O) groups is 1. The molecule has 11 heavy (non-hydrogen) atoms. The summed E-state index contributed by atoms with van der Waals surface area (Å²) < 4.78 is 0. The Hall–Kier alpha value is -0.590. The van der Waals surface area contributed by atoms with Crippen LogP contribution in [0.1, 0.15) is 40.0 Å². The zero-order valence-corrected chi connectivity index (χ0v) is 7.61. The molecule has 1 fully saturated rings. The van der Waals surface area contributed by atoms with Gasteiger partial charge in [0.25, 0.3) is 0 Å². The minimum atomic E-state index is 0.190. The summed E-state index contributed by atoms with van der Waals surface area (Å²) >= 11 is 0. The van der Waals surface area contributed by atoms with Crippen LogP contribution < -0.4 is 0 Å². The van der Waals surface area contributed by atoms with Gasteiger partial charge in [-0.05, 0) is 37.7 Å². The molecule has 0 amide bonds. The van der Waals surface area contributed by atoms with Gasteiger partial charge in [-0.2, -0.15) is 0 Å². The van der Waals surface area contributed by atoms with Crippen molar-refractivity contribution in [2.75, 3.05) is 0 Å². The summed E-state index contributed by atoms with van der Waals surface area (Å²) in [6, 6.07) is 0. The first kappa shape index (κ1) is 8.51. The summed E-state index contributed by atoms with van der Waals surface area (Å²) in [5.74, 6) is 0.190. The molecule has 0 aromatic rings. The molecule has 0 heterocycles. The molecule has 0 saturated heterocycles. The molecule has 0 spiro atoms. The highest BCUT2D eigenvalue weighted by Gasteiger charge is 2.28. The van der Waals surface area contributed by atoms with Gasteiger partial charge in [0.2, 0.25) is 0 Å². The monoisotopic (exact) mass is 152 g/mol. The van der Waals surface area contributed by atoms with E-state index in [-0.39, 0.29) is 11.2 Å². The lowest BCUT2D eigenvalue weighted by atomic mass is 9.86. The normalized spacial score (nSPS) is 25.9. The lowest BCUT2D eigenvalue weighted by Crippen LogP contribution is -2.08. The molecule has 0 N–H and O–H groups in total. The maximum absolute atomic E-state index is 10.8. The van der Waals surface area contributed by atoms with Gasteiger partial charge in [-0.3, -0.25) is 4.79 Å². The van der Waals surface area contributed by atoms with Gasteiger partial charge in [-0.25, -0.2) is 0 Å². The van der Waals surface area contributed by atoms with Gasteiger partial charge in [0.05, 0.1) is 0 Å². The van der Waals surface area contributed by atoms with Gasteiger partial charge < -0.3 is 0 Å². The highest BCUT2D eigenvalue weighted by atomic mass is 16.1. The SMILES string of the molecule is CC(=O)/C=C1/CCCC1(C)C. The van der Waals surface area contributed by atoms with Crippen LogP contribution in [0.3, 0.4) is 0 Å². The van der Waals surface area contributed by atoms with Crippen molar-refractivity contribution >= 4 is 5.78 Å². The van der Waals surface area contributed by atoms with Crippen molar-refractivity contribution < 1.29 is 4.79 Å². The summed E-state index contributed by atoms with van der Waals surface area (Å²) in [7, 11) is 0. The van der Waals surface area contributed by atoms with Crippen molar-refractivity contribution in [3.05, 3.63) is 11.6 Å². The number of allylic oxidation sites excluding steroid dienone is 2. The smallest absolute Gasteiger partial charge is 0.152 e. The van der Waals surface area contributed by atoms with Gasteiger partial charge in [0.15, 0.2) is 5.78 Å². The lowest BCUT2D eigenvalue weighted by Gasteiger charge is -2.18. The molecular formula is C10H16O. The standard InChI is InChI=1S/C10H16O/c1-8(11)7-9-5-4-6-10(9,2)3/h7H,4-6H2,1-3H3/b9-7-. The van der Waals surface area contributed by atoms with E-state index in [2.05, 4.69) is 13.8 Å². The Balaban J connectivity index is 2.80. The minimum absolute atomic E-state index is 0.190. The molecule has 62 valence electrons. The Bertz CT molecular complexity index is 199. The average molecular weight is 152 g/mol. The fraction of sp³-hybridized carbons (Fsp3) is 0.700. The zero-order valence-electron chi connectivity index (χ0n) is 7.61. The van der Waals surface area contributed by atoms with Crippen LogP contribution in [0, 0.1) is 5.41 Å². The molecule has 1 aliphatic carbocycles. The van der Waals surface area contributed by atoms with E-state index in [1.54, 1.807) is 6.92 Å². The van der Waals surface area contributed by atoms with E-state index >= 15 is 0 Å². The Morgan fingerprint density at radius 3 is 2.55 bits per heavy atom. The Labute approximate surface area is 68.5 Å². The molecule has 1 aliphatic rings. The predicted molar refractivity (Wildman–Crippen MR) is 46.4 cm³/mol. The summed E-state index contributed by atoms with van der Waals surface area (Å²) in [6.45, 7) is 6.06. The van der Waals surface area contributed by atoms with E-state index in [0.29, 0.717) is 0 Å². The van der Waals surface area contributed by atoms with Gasteiger partial charge in [0, 0.05) is 0 Å². The van der Waals surface area contributed by atoms with Gasteiger partial charge in [-0.1, -0.05) is 19.4 Å². The lowest BCUT2D eigenvalue weighted by molar-refractivity contribution is -0.112. The second kappa shape index (κ2) is 2.80. The second-order valence-electron chi connectivity index (χ2n) is 4.02. The first-order valence-electron chi connectivity index (χ1n) is 4.24. The van der Waals surface area contributed by atoms with Crippen LogP contribution in [0.15, 0.2) is 11.6 Å². The number of ketones is 1. The molecule has 0 bridgehead atoms. The van der Waals surface area contributed by atoms with Crippen LogP contribution in [0.5, 0.6) is 0 Å². The van der Waals surface area contributed by atoms with Crippen molar-refractivity contribution in [2.24, 2.45) is 5.41 Å². The van der Waals surface area contributed by atoms with Gasteiger partial charge in [-0.15, -0.1) is 0 Å². The fourth-order valence-corrected chi connectivity index (χ4v) is 1.73. The summed E-state index contributed by atoms with van der Waals surface area (Å²) in [6.07, 6.45) is 5.40. The molecule has 0 radical (unpaired) electrons. The topological polar surface area (TPSA) is 17.1 Å². The maximum Gasteiger partial charge on any atom is 0.152 e. The van der Waals surface area contributed by atoms with Crippen LogP contribution in [0.4, 0.5) is 0 Å². The van der Waals surface area contributed by atoms with Crippen molar-refractivity contribution in [1.82, 2.24) is 0 Å². The number of hydrogen-bond donors (Lipinski definition) is 0. The average Bonchev–Trinajstić information content (AvgIpc) is 2.10. The fourth-order valence-electron chi connectivity index (χ4n) is 1.73. The first-order chi connectivity index (χ1) is 5.02. The predicted octanol–water partition coefficient (Wildman–Crippen LogP) is 2.71. The number of hydrogen-bond acceptors (Lipinski definition) is 1. The molecule has 0 aromatic heterocycles. The quantitative estimate of drug-likeness (QED) is 0.528. The highest BCUT2D eigenvalue weighted by molar-refractivity contribution is 5.88. The van der Waals surface area contributed by atoms with E-state index < -0.39 is 0 Å². The van der Waals surface area contributed by atoms with Crippen LogP contribution in [-0.4, -0.2) is 5.78 Å². The molecule has 0 unspecified atom stereocenters. The Morgan fingerprint density at radius 1 is 1.55 bits per heavy atom. The van der Waals surface area contributed by atoms with Crippen LogP contribution >= 0.6 is 0 Å². The van der Waals surface area contributed by atoms with Crippen LogP contribution in [0.25, 0.3) is 0 Å².